The highest BCUT2D eigenvalue weighted by molar-refractivity contribution is 5.89. The van der Waals surface area contributed by atoms with Crippen LogP contribution in [0, 0.1) is 5.82 Å². The summed E-state index contributed by atoms with van der Waals surface area (Å²) < 4.78 is 13.4. The van der Waals surface area contributed by atoms with E-state index >= 15 is 0 Å². The third kappa shape index (κ3) is 3.72. The number of urea groups is 1. The van der Waals surface area contributed by atoms with Gasteiger partial charge in [0.15, 0.2) is 0 Å². The second-order valence-electron chi connectivity index (χ2n) is 4.77. The van der Waals surface area contributed by atoms with Crippen molar-refractivity contribution >= 4 is 11.7 Å². The van der Waals surface area contributed by atoms with Crippen LogP contribution in [-0.4, -0.2) is 12.1 Å². The van der Waals surface area contributed by atoms with Crippen molar-refractivity contribution in [1.29, 1.82) is 0 Å². The van der Waals surface area contributed by atoms with Gasteiger partial charge in [-0.2, -0.15) is 0 Å². The van der Waals surface area contributed by atoms with E-state index in [0.717, 1.165) is 25.7 Å². The average molecular weight is 250 g/mol. The fraction of sp³-hybridized carbons (Fsp3) is 0.500. The van der Waals surface area contributed by atoms with Crippen molar-refractivity contribution in [2.75, 3.05) is 5.32 Å². The maximum atomic E-state index is 13.4. The smallest absolute Gasteiger partial charge is 0.319 e. The van der Waals surface area contributed by atoms with Crippen LogP contribution in [0.1, 0.15) is 38.5 Å². The number of halogens is 1. The second kappa shape index (κ2) is 6.38. The number of para-hydroxylation sites is 1. The summed E-state index contributed by atoms with van der Waals surface area (Å²) in [5.41, 5.74) is 0.226. The highest BCUT2D eigenvalue weighted by Gasteiger charge is 2.15. The molecule has 2 amide bonds. The van der Waals surface area contributed by atoms with Crippen LogP contribution in [0.3, 0.4) is 0 Å². The summed E-state index contributed by atoms with van der Waals surface area (Å²) in [7, 11) is 0. The Hall–Kier alpha value is -1.58. The van der Waals surface area contributed by atoms with Gasteiger partial charge in [0.05, 0.1) is 5.69 Å². The molecule has 18 heavy (non-hydrogen) atoms. The second-order valence-corrected chi connectivity index (χ2v) is 4.77. The molecule has 1 aromatic rings. The Labute approximate surface area is 107 Å². The molecule has 1 aromatic carbocycles. The van der Waals surface area contributed by atoms with E-state index in [1.165, 1.54) is 18.9 Å². The molecule has 0 spiro atoms. The summed E-state index contributed by atoms with van der Waals surface area (Å²) in [5.74, 6) is -0.409. The highest BCUT2D eigenvalue weighted by atomic mass is 19.1. The quantitative estimate of drug-likeness (QED) is 0.772. The number of amides is 2. The first-order chi connectivity index (χ1) is 8.75. The predicted octanol–water partition coefficient (Wildman–Crippen LogP) is 3.67. The van der Waals surface area contributed by atoms with Crippen LogP contribution in [-0.2, 0) is 0 Å². The predicted molar refractivity (Wildman–Crippen MR) is 70.0 cm³/mol. The SMILES string of the molecule is O=C(Nc1ccccc1F)NC1CCCCCC1. The molecule has 0 saturated heterocycles. The largest absolute Gasteiger partial charge is 0.335 e. The maximum absolute atomic E-state index is 13.4. The lowest BCUT2D eigenvalue weighted by Crippen LogP contribution is -2.37. The molecule has 98 valence electrons. The zero-order valence-corrected chi connectivity index (χ0v) is 10.4. The number of benzene rings is 1. The van der Waals surface area contributed by atoms with E-state index in [0.29, 0.717) is 0 Å². The van der Waals surface area contributed by atoms with E-state index in [1.54, 1.807) is 18.2 Å². The summed E-state index contributed by atoms with van der Waals surface area (Å²) in [5, 5.41) is 5.47. The molecular formula is C14H19FN2O. The number of carbonyl (C=O) groups excluding carboxylic acids is 1. The molecule has 3 nitrogen and oxygen atoms in total. The van der Waals surface area contributed by atoms with Gasteiger partial charge in [-0.3, -0.25) is 0 Å². The molecule has 2 N–H and O–H groups in total. The van der Waals surface area contributed by atoms with Crippen molar-refractivity contribution in [3.05, 3.63) is 30.1 Å². The molecular weight excluding hydrogens is 231 g/mol. The molecule has 0 radical (unpaired) electrons. The fourth-order valence-electron chi connectivity index (χ4n) is 2.33. The van der Waals surface area contributed by atoms with E-state index < -0.39 is 5.82 Å². The molecule has 0 aromatic heterocycles. The lowest BCUT2D eigenvalue weighted by molar-refractivity contribution is 0.247. The van der Waals surface area contributed by atoms with E-state index in [9.17, 15) is 9.18 Å². The number of carbonyl (C=O) groups is 1. The molecule has 0 bridgehead atoms. The summed E-state index contributed by atoms with van der Waals surface area (Å²) in [4.78, 5) is 11.8. The van der Waals surface area contributed by atoms with E-state index in [4.69, 9.17) is 0 Å². The van der Waals surface area contributed by atoms with Crippen molar-refractivity contribution in [2.24, 2.45) is 0 Å². The van der Waals surface area contributed by atoms with Gasteiger partial charge in [0.1, 0.15) is 5.82 Å². The van der Waals surface area contributed by atoms with Crippen molar-refractivity contribution in [3.63, 3.8) is 0 Å². The Morgan fingerprint density at radius 1 is 1.11 bits per heavy atom. The van der Waals surface area contributed by atoms with Crippen molar-refractivity contribution in [3.8, 4) is 0 Å². The van der Waals surface area contributed by atoms with Gasteiger partial charge in [0.25, 0.3) is 0 Å². The summed E-state index contributed by atoms with van der Waals surface area (Å²) >= 11 is 0. The van der Waals surface area contributed by atoms with Gasteiger partial charge in [-0.1, -0.05) is 37.8 Å². The molecule has 1 aliphatic carbocycles. The standard InChI is InChI=1S/C14H19FN2O/c15-12-9-5-6-10-13(12)17-14(18)16-11-7-3-1-2-4-8-11/h5-6,9-11H,1-4,7-8H2,(H2,16,17,18). The minimum Gasteiger partial charge on any atom is -0.335 e. The number of nitrogens with one attached hydrogen (secondary N) is 2. The van der Waals surface area contributed by atoms with Gasteiger partial charge in [-0.05, 0) is 25.0 Å². The molecule has 1 saturated carbocycles. The fourth-order valence-corrected chi connectivity index (χ4v) is 2.33. The molecule has 2 rings (SSSR count). The number of anilines is 1. The third-order valence-electron chi connectivity index (χ3n) is 3.31. The Morgan fingerprint density at radius 3 is 2.44 bits per heavy atom. The lowest BCUT2D eigenvalue weighted by atomic mass is 10.1. The Morgan fingerprint density at radius 2 is 1.78 bits per heavy atom. The Bertz CT molecular complexity index is 401. The van der Waals surface area contributed by atoms with E-state index in [2.05, 4.69) is 10.6 Å². The van der Waals surface area contributed by atoms with Gasteiger partial charge in [-0.15, -0.1) is 0 Å². The number of hydrogen-bond acceptors (Lipinski definition) is 1. The molecule has 0 aliphatic heterocycles. The first-order valence-electron chi connectivity index (χ1n) is 6.58. The van der Waals surface area contributed by atoms with Gasteiger partial charge in [0, 0.05) is 6.04 Å². The third-order valence-corrected chi connectivity index (χ3v) is 3.31. The Balaban J connectivity index is 1.86. The minimum atomic E-state index is -0.409. The molecule has 0 unspecified atom stereocenters. The normalized spacial score (nSPS) is 16.9. The summed E-state index contributed by atoms with van der Waals surface area (Å²) in [6, 6.07) is 6.10. The number of hydrogen-bond donors (Lipinski definition) is 2. The monoisotopic (exact) mass is 250 g/mol. The van der Waals surface area contributed by atoms with Crippen LogP contribution in [0.15, 0.2) is 24.3 Å². The van der Waals surface area contributed by atoms with Crippen LogP contribution in [0.25, 0.3) is 0 Å². The van der Waals surface area contributed by atoms with Crippen LogP contribution in [0.5, 0.6) is 0 Å². The van der Waals surface area contributed by atoms with Crippen LogP contribution in [0.4, 0.5) is 14.9 Å². The molecule has 4 heteroatoms. The van der Waals surface area contributed by atoms with Crippen LogP contribution < -0.4 is 10.6 Å². The van der Waals surface area contributed by atoms with Gasteiger partial charge >= 0.3 is 6.03 Å². The molecule has 0 heterocycles. The van der Waals surface area contributed by atoms with Gasteiger partial charge in [-0.25, -0.2) is 9.18 Å². The van der Waals surface area contributed by atoms with Crippen molar-refractivity contribution in [1.82, 2.24) is 5.32 Å². The molecule has 1 aliphatic rings. The maximum Gasteiger partial charge on any atom is 0.319 e. The van der Waals surface area contributed by atoms with E-state index in [1.807, 2.05) is 0 Å². The zero-order valence-electron chi connectivity index (χ0n) is 10.4. The van der Waals surface area contributed by atoms with Gasteiger partial charge in [0.2, 0.25) is 0 Å². The van der Waals surface area contributed by atoms with E-state index in [-0.39, 0.29) is 17.8 Å². The summed E-state index contributed by atoms with van der Waals surface area (Å²) in [6.07, 6.45) is 6.84. The highest BCUT2D eigenvalue weighted by Crippen LogP contribution is 2.17. The Kier molecular flexibility index (Phi) is 4.56. The van der Waals surface area contributed by atoms with Crippen LogP contribution in [0.2, 0.25) is 0 Å². The van der Waals surface area contributed by atoms with Crippen molar-refractivity contribution < 1.29 is 9.18 Å². The lowest BCUT2D eigenvalue weighted by Gasteiger charge is -2.16. The molecule has 1 fully saturated rings. The summed E-state index contributed by atoms with van der Waals surface area (Å²) in [6.45, 7) is 0. The van der Waals surface area contributed by atoms with Crippen molar-refractivity contribution in [2.45, 2.75) is 44.6 Å². The zero-order chi connectivity index (χ0) is 12.8. The number of rotatable bonds is 2. The first kappa shape index (κ1) is 12.9. The first-order valence-corrected chi connectivity index (χ1v) is 6.58. The van der Waals surface area contributed by atoms with Crippen LogP contribution >= 0.6 is 0 Å². The topological polar surface area (TPSA) is 41.1 Å². The van der Waals surface area contributed by atoms with Gasteiger partial charge < -0.3 is 10.6 Å². The molecule has 0 atom stereocenters. The average Bonchev–Trinajstić information content (AvgIpc) is 2.61. The minimum absolute atomic E-state index is 0.222.